The molecule has 1 atom stereocenters. The maximum absolute atomic E-state index is 11.9. The topological polar surface area (TPSA) is 32.3 Å². The minimum atomic E-state index is 0.394. The van der Waals surface area contributed by atoms with Crippen LogP contribution >= 0.6 is 0 Å². The zero-order valence-electron chi connectivity index (χ0n) is 8.96. The van der Waals surface area contributed by atoms with Crippen LogP contribution in [0.5, 0.6) is 0 Å². The number of hydrogen-bond donors (Lipinski definition) is 1. The van der Waals surface area contributed by atoms with E-state index in [9.17, 15) is 4.79 Å². The highest BCUT2D eigenvalue weighted by Gasteiger charge is 2.32. The van der Waals surface area contributed by atoms with Gasteiger partial charge < -0.3 is 10.2 Å². The van der Waals surface area contributed by atoms with Crippen LogP contribution in [0.2, 0.25) is 0 Å². The molecule has 3 nitrogen and oxygen atoms in total. The monoisotopic (exact) mass is 196 g/mol. The summed E-state index contributed by atoms with van der Waals surface area (Å²) in [4.78, 5) is 14.0. The first-order chi connectivity index (χ1) is 6.81. The molecule has 0 aromatic carbocycles. The second kappa shape index (κ2) is 4.30. The predicted octanol–water partition coefficient (Wildman–Crippen LogP) is 0.997. The van der Waals surface area contributed by atoms with E-state index in [1.807, 2.05) is 7.05 Å². The molecule has 1 amide bonds. The van der Waals surface area contributed by atoms with Crippen LogP contribution in [0.3, 0.4) is 0 Å². The summed E-state index contributed by atoms with van der Waals surface area (Å²) >= 11 is 0. The third-order valence-electron chi connectivity index (χ3n) is 3.30. The van der Waals surface area contributed by atoms with Crippen molar-refractivity contribution in [1.82, 2.24) is 10.2 Å². The van der Waals surface area contributed by atoms with Crippen molar-refractivity contribution in [2.75, 3.05) is 20.1 Å². The average Bonchev–Trinajstić information content (AvgIpc) is 2.83. The lowest BCUT2D eigenvalue weighted by Crippen LogP contribution is -2.40. The molecule has 1 aliphatic heterocycles. The normalized spacial score (nSPS) is 26.9. The highest BCUT2D eigenvalue weighted by atomic mass is 16.2. The van der Waals surface area contributed by atoms with Crippen molar-refractivity contribution in [2.45, 2.75) is 38.1 Å². The van der Waals surface area contributed by atoms with Crippen LogP contribution in [0.4, 0.5) is 0 Å². The van der Waals surface area contributed by atoms with Crippen LogP contribution in [-0.2, 0) is 4.79 Å². The molecular formula is C11H20N2O. The van der Waals surface area contributed by atoms with Crippen LogP contribution in [0.15, 0.2) is 0 Å². The largest absolute Gasteiger partial charge is 0.338 e. The molecular weight excluding hydrogens is 176 g/mol. The number of carbonyl (C=O) groups is 1. The van der Waals surface area contributed by atoms with Crippen LogP contribution in [0.25, 0.3) is 0 Å². The molecule has 1 N–H and O–H groups in total. The number of rotatable bonds is 4. The molecule has 0 aromatic rings. The van der Waals surface area contributed by atoms with Gasteiger partial charge in [-0.2, -0.15) is 0 Å². The molecule has 2 fully saturated rings. The van der Waals surface area contributed by atoms with Gasteiger partial charge in [0, 0.05) is 25.6 Å². The number of amides is 1. The first kappa shape index (κ1) is 9.97. The van der Waals surface area contributed by atoms with E-state index in [1.54, 1.807) is 0 Å². The Kier molecular flexibility index (Phi) is 3.06. The van der Waals surface area contributed by atoms with E-state index in [4.69, 9.17) is 0 Å². The molecule has 3 heteroatoms. The van der Waals surface area contributed by atoms with Crippen molar-refractivity contribution in [3.8, 4) is 0 Å². The Bertz CT molecular complexity index is 213. The molecule has 80 valence electrons. The van der Waals surface area contributed by atoms with E-state index in [-0.39, 0.29) is 0 Å². The zero-order chi connectivity index (χ0) is 9.97. The molecule has 1 unspecified atom stereocenters. The van der Waals surface area contributed by atoms with Gasteiger partial charge in [-0.1, -0.05) is 0 Å². The number of hydrogen-bond acceptors (Lipinski definition) is 2. The summed E-state index contributed by atoms with van der Waals surface area (Å²) in [7, 11) is 1.96. The van der Waals surface area contributed by atoms with Gasteiger partial charge >= 0.3 is 0 Å². The van der Waals surface area contributed by atoms with Gasteiger partial charge in [-0.15, -0.1) is 0 Å². The Morgan fingerprint density at radius 1 is 1.43 bits per heavy atom. The smallest absolute Gasteiger partial charge is 0.223 e. The molecule has 2 rings (SSSR count). The summed E-state index contributed by atoms with van der Waals surface area (Å²) < 4.78 is 0. The van der Waals surface area contributed by atoms with Crippen molar-refractivity contribution < 1.29 is 4.79 Å². The minimum absolute atomic E-state index is 0.394. The summed E-state index contributed by atoms with van der Waals surface area (Å²) in [5.41, 5.74) is 0. The maximum Gasteiger partial charge on any atom is 0.223 e. The molecule has 2 aliphatic rings. The summed E-state index contributed by atoms with van der Waals surface area (Å²) in [6, 6.07) is 0.464. The van der Waals surface area contributed by atoms with E-state index >= 15 is 0 Å². The molecule has 0 spiro atoms. The second-order valence-electron chi connectivity index (χ2n) is 4.59. The van der Waals surface area contributed by atoms with E-state index < -0.39 is 0 Å². The van der Waals surface area contributed by atoms with E-state index in [2.05, 4.69) is 10.2 Å². The fraction of sp³-hybridized carbons (Fsp3) is 0.909. The maximum atomic E-state index is 11.9. The van der Waals surface area contributed by atoms with Crippen molar-refractivity contribution in [1.29, 1.82) is 0 Å². The van der Waals surface area contributed by atoms with Gasteiger partial charge in [0.15, 0.2) is 0 Å². The van der Waals surface area contributed by atoms with Crippen LogP contribution in [0, 0.1) is 5.92 Å². The third kappa shape index (κ3) is 2.27. The molecule has 1 saturated heterocycles. The summed E-state index contributed by atoms with van der Waals surface area (Å²) in [6.07, 6.45) is 5.72. The number of nitrogens with one attached hydrogen (secondary N) is 1. The summed E-state index contributed by atoms with van der Waals surface area (Å²) in [5.74, 6) is 1.11. The third-order valence-corrected chi connectivity index (χ3v) is 3.30. The standard InChI is InChI=1S/C11H20N2O/c1-12-8-10-3-2-6-13(10)11(14)7-9-4-5-9/h9-10,12H,2-8H2,1H3. The highest BCUT2D eigenvalue weighted by Crippen LogP contribution is 2.33. The Morgan fingerprint density at radius 2 is 2.21 bits per heavy atom. The molecule has 0 bridgehead atoms. The first-order valence-electron chi connectivity index (χ1n) is 5.75. The highest BCUT2D eigenvalue weighted by molar-refractivity contribution is 5.77. The van der Waals surface area contributed by atoms with E-state index in [0.717, 1.165) is 25.4 Å². The van der Waals surface area contributed by atoms with E-state index in [0.29, 0.717) is 11.9 Å². The first-order valence-corrected chi connectivity index (χ1v) is 5.75. The van der Waals surface area contributed by atoms with Crippen molar-refractivity contribution >= 4 is 5.91 Å². The Balaban J connectivity index is 1.83. The van der Waals surface area contributed by atoms with Gasteiger partial charge in [0.2, 0.25) is 5.91 Å². The number of carbonyl (C=O) groups excluding carboxylic acids is 1. The SMILES string of the molecule is CNCC1CCCN1C(=O)CC1CC1. The predicted molar refractivity (Wildman–Crippen MR) is 56.0 cm³/mol. The molecule has 0 aromatic heterocycles. The Hall–Kier alpha value is -0.570. The Labute approximate surface area is 85.8 Å². The van der Waals surface area contributed by atoms with Crippen molar-refractivity contribution in [2.24, 2.45) is 5.92 Å². The summed E-state index contributed by atoms with van der Waals surface area (Å²) in [5, 5.41) is 3.17. The second-order valence-corrected chi connectivity index (χ2v) is 4.59. The fourth-order valence-electron chi connectivity index (χ4n) is 2.30. The number of nitrogens with zero attached hydrogens (tertiary/aromatic N) is 1. The van der Waals surface area contributed by atoms with Gasteiger partial charge in [-0.25, -0.2) is 0 Å². The molecule has 1 aliphatic carbocycles. The van der Waals surface area contributed by atoms with Crippen LogP contribution < -0.4 is 5.32 Å². The van der Waals surface area contributed by atoms with Gasteiger partial charge in [-0.05, 0) is 38.6 Å². The summed E-state index contributed by atoms with van der Waals surface area (Å²) in [6.45, 7) is 1.94. The Morgan fingerprint density at radius 3 is 2.86 bits per heavy atom. The lowest BCUT2D eigenvalue weighted by Gasteiger charge is -2.24. The fourth-order valence-corrected chi connectivity index (χ4v) is 2.30. The van der Waals surface area contributed by atoms with Gasteiger partial charge in [-0.3, -0.25) is 4.79 Å². The molecule has 0 radical (unpaired) electrons. The van der Waals surface area contributed by atoms with Gasteiger partial charge in [0.05, 0.1) is 0 Å². The lowest BCUT2D eigenvalue weighted by atomic mass is 10.2. The molecule has 1 heterocycles. The molecule has 1 saturated carbocycles. The number of likely N-dealkylation sites (N-methyl/N-ethyl adjacent to an activating group) is 1. The lowest BCUT2D eigenvalue weighted by molar-refractivity contribution is -0.132. The van der Waals surface area contributed by atoms with E-state index in [1.165, 1.54) is 25.7 Å². The van der Waals surface area contributed by atoms with Crippen molar-refractivity contribution in [3.63, 3.8) is 0 Å². The minimum Gasteiger partial charge on any atom is -0.338 e. The molecule has 14 heavy (non-hydrogen) atoms. The van der Waals surface area contributed by atoms with Crippen LogP contribution in [-0.4, -0.2) is 37.0 Å². The van der Waals surface area contributed by atoms with Gasteiger partial charge in [0.1, 0.15) is 0 Å². The van der Waals surface area contributed by atoms with Crippen LogP contribution in [0.1, 0.15) is 32.1 Å². The quantitative estimate of drug-likeness (QED) is 0.727. The zero-order valence-corrected chi connectivity index (χ0v) is 8.96. The van der Waals surface area contributed by atoms with Gasteiger partial charge in [0.25, 0.3) is 0 Å². The number of likely N-dealkylation sites (tertiary alicyclic amines) is 1. The van der Waals surface area contributed by atoms with Crippen molar-refractivity contribution in [3.05, 3.63) is 0 Å². The average molecular weight is 196 g/mol.